The average Bonchev–Trinajstić information content (AvgIpc) is 2.68. The summed E-state index contributed by atoms with van der Waals surface area (Å²) in [5.74, 6) is 0.881. The van der Waals surface area contributed by atoms with E-state index in [1.807, 2.05) is 0 Å². The van der Waals surface area contributed by atoms with Crippen LogP contribution in [0.1, 0.15) is 37.2 Å². The molecule has 1 aromatic carbocycles. The van der Waals surface area contributed by atoms with E-state index in [2.05, 4.69) is 41.6 Å². The molecular weight excluding hydrogens is 226 g/mol. The first kappa shape index (κ1) is 13.1. The van der Waals surface area contributed by atoms with Gasteiger partial charge in [-0.1, -0.05) is 13.0 Å². The molecule has 0 radical (unpaired) electrons. The lowest BCUT2D eigenvalue weighted by Crippen LogP contribution is -2.18. The summed E-state index contributed by atoms with van der Waals surface area (Å²) in [6.45, 7) is 5.20. The Labute approximate surface area is 107 Å². The maximum absolute atomic E-state index is 9.02. The summed E-state index contributed by atoms with van der Waals surface area (Å²) < 4.78 is 2.18. The van der Waals surface area contributed by atoms with Crippen LogP contribution in [0.5, 0.6) is 0 Å². The van der Waals surface area contributed by atoms with E-state index < -0.39 is 0 Å². The third kappa shape index (κ3) is 2.40. The Bertz CT molecular complexity index is 533. The van der Waals surface area contributed by atoms with Crippen molar-refractivity contribution in [1.82, 2.24) is 9.55 Å². The molecular formula is C14H21N3O. The molecule has 3 N–H and O–H groups in total. The van der Waals surface area contributed by atoms with Crippen molar-refractivity contribution in [2.75, 3.05) is 6.61 Å². The molecule has 4 nitrogen and oxygen atoms in total. The number of hydrogen-bond donors (Lipinski definition) is 2. The topological polar surface area (TPSA) is 64.1 Å². The molecule has 1 atom stereocenters. The summed E-state index contributed by atoms with van der Waals surface area (Å²) in [6, 6.07) is 6.07. The monoisotopic (exact) mass is 247 g/mol. The quantitative estimate of drug-likeness (QED) is 0.850. The molecule has 1 unspecified atom stereocenters. The summed E-state index contributed by atoms with van der Waals surface area (Å²) in [4.78, 5) is 4.64. The van der Waals surface area contributed by atoms with Crippen LogP contribution in [0.4, 0.5) is 0 Å². The molecule has 0 aliphatic heterocycles. The molecule has 0 aliphatic rings. The third-order valence-electron chi connectivity index (χ3n) is 3.15. The SMILES string of the molecule is CCCn1c(C(N)CCO)nc2cc(C)ccc21. The number of benzene rings is 1. The van der Waals surface area contributed by atoms with E-state index >= 15 is 0 Å². The molecule has 0 bridgehead atoms. The van der Waals surface area contributed by atoms with Gasteiger partial charge < -0.3 is 15.4 Å². The summed E-state index contributed by atoms with van der Waals surface area (Å²) in [6.07, 6.45) is 1.59. The Morgan fingerprint density at radius 2 is 2.22 bits per heavy atom. The standard InChI is InChI=1S/C14H21N3O/c1-3-7-17-13-5-4-10(2)9-12(13)16-14(17)11(15)6-8-18/h4-5,9,11,18H,3,6-8,15H2,1-2H3. The molecule has 0 aliphatic carbocycles. The molecule has 2 aromatic rings. The highest BCUT2D eigenvalue weighted by Gasteiger charge is 2.16. The summed E-state index contributed by atoms with van der Waals surface area (Å²) >= 11 is 0. The smallest absolute Gasteiger partial charge is 0.126 e. The van der Waals surface area contributed by atoms with Crippen molar-refractivity contribution in [1.29, 1.82) is 0 Å². The van der Waals surface area contributed by atoms with Crippen LogP contribution >= 0.6 is 0 Å². The predicted molar refractivity (Wildman–Crippen MR) is 73.4 cm³/mol. The van der Waals surface area contributed by atoms with E-state index in [0.29, 0.717) is 6.42 Å². The van der Waals surface area contributed by atoms with Gasteiger partial charge in [-0.05, 0) is 37.5 Å². The van der Waals surface area contributed by atoms with Crippen LogP contribution in [0, 0.1) is 6.92 Å². The fourth-order valence-corrected chi connectivity index (χ4v) is 2.27. The van der Waals surface area contributed by atoms with Gasteiger partial charge in [0, 0.05) is 13.2 Å². The summed E-state index contributed by atoms with van der Waals surface area (Å²) in [5.41, 5.74) is 9.42. The van der Waals surface area contributed by atoms with Crippen LogP contribution in [0.25, 0.3) is 11.0 Å². The van der Waals surface area contributed by atoms with Gasteiger partial charge in [0.15, 0.2) is 0 Å². The van der Waals surface area contributed by atoms with Gasteiger partial charge in [0.05, 0.1) is 17.1 Å². The Morgan fingerprint density at radius 3 is 2.89 bits per heavy atom. The molecule has 4 heteroatoms. The number of nitrogens with zero attached hydrogens (tertiary/aromatic N) is 2. The Morgan fingerprint density at radius 1 is 1.44 bits per heavy atom. The van der Waals surface area contributed by atoms with Crippen molar-refractivity contribution in [3.8, 4) is 0 Å². The highest BCUT2D eigenvalue weighted by atomic mass is 16.3. The summed E-state index contributed by atoms with van der Waals surface area (Å²) in [7, 11) is 0. The Balaban J connectivity index is 2.53. The second-order valence-electron chi connectivity index (χ2n) is 4.73. The maximum atomic E-state index is 9.02. The van der Waals surface area contributed by atoms with Gasteiger partial charge in [0.2, 0.25) is 0 Å². The van der Waals surface area contributed by atoms with E-state index in [9.17, 15) is 0 Å². The van der Waals surface area contributed by atoms with E-state index in [-0.39, 0.29) is 12.6 Å². The first-order chi connectivity index (χ1) is 8.67. The van der Waals surface area contributed by atoms with Crippen LogP contribution < -0.4 is 5.73 Å². The predicted octanol–water partition coefficient (Wildman–Crippen LogP) is 2.14. The molecule has 0 fully saturated rings. The normalized spacial score (nSPS) is 13.1. The van der Waals surface area contributed by atoms with Crippen LogP contribution in [0.2, 0.25) is 0 Å². The number of imidazole rings is 1. The number of aliphatic hydroxyl groups is 1. The number of nitrogens with two attached hydrogens (primary N) is 1. The minimum Gasteiger partial charge on any atom is -0.396 e. The zero-order valence-electron chi connectivity index (χ0n) is 11.1. The van der Waals surface area contributed by atoms with Crippen LogP contribution in [-0.4, -0.2) is 21.3 Å². The minimum absolute atomic E-state index is 0.0928. The van der Waals surface area contributed by atoms with Gasteiger partial charge in [0.1, 0.15) is 5.82 Å². The number of aromatic nitrogens is 2. The largest absolute Gasteiger partial charge is 0.396 e. The van der Waals surface area contributed by atoms with Crippen molar-refractivity contribution >= 4 is 11.0 Å². The lowest BCUT2D eigenvalue weighted by Gasteiger charge is -2.13. The molecule has 2 rings (SSSR count). The van der Waals surface area contributed by atoms with Crippen molar-refractivity contribution < 1.29 is 5.11 Å². The maximum Gasteiger partial charge on any atom is 0.126 e. The highest BCUT2D eigenvalue weighted by molar-refractivity contribution is 5.77. The fraction of sp³-hybridized carbons (Fsp3) is 0.500. The Hall–Kier alpha value is -1.39. The average molecular weight is 247 g/mol. The first-order valence-electron chi connectivity index (χ1n) is 6.50. The van der Waals surface area contributed by atoms with Crippen molar-refractivity contribution in [2.45, 2.75) is 39.3 Å². The highest BCUT2D eigenvalue weighted by Crippen LogP contribution is 2.22. The van der Waals surface area contributed by atoms with E-state index in [1.165, 1.54) is 5.56 Å². The van der Waals surface area contributed by atoms with E-state index in [0.717, 1.165) is 29.8 Å². The number of aryl methyl sites for hydroxylation is 2. The first-order valence-corrected chi connectivity index (χ1v) is 6.50. The molecule has 0 saturated carbocycles. The summed E-state index contributed by atoms with van der Waals surface area (Å²) in [5, 5.41) is 9.02. The number of aliphatic hydroxyl groups excluding tert-OH is 1. The zero-order chi connectivity index (χ0) is 13.1. The zero-order valence-corrected chi connectivity index (χ0v) is 11.1. The molecule has 0 saturated heterocycles. The third-order valence-corrected chi connectivity index (χ3v) is 3.15. The number of fused-ring (bicyclic) bond motifs is 1. The molecule has 1 aromatic heterocycles. The van der Waals surface area contributed by atoms with Crippen molar-refractivity contribution in [3.63, 3.8) is 0 Å². The molecule has 0 amide bonds. The second-order valence-corrected chi connectivity index (χ2v) is 4.73. The number of hydrogen-bond acceptors (Lipinski definition) is 3. The van der Waals surface area contributed by atoms with Gasteiger partial charge >= 0.3 is 0 Å². The Kier molecular flexibility index (Phi) is 3.99. The fourth-order valence-electron chi connectivity index (χ4n) is 2.27. The van der Waals surface area contributed by atoms with E-state index in [4.69, 9.17) is 10.8 Å². The minimum atomic E-state index is -0.200. The van der Waals surface area contributed by atoms with Gasteiger partial charge in [-0.15, -0.1) is 0 Å². The molecule has 1 heterocycles. The number of rotatable bonds is 5. The van der Waals surface area contributed by atoms with Gasteiger partial charge in [0.25, 0.3) is 0 Å². The van der Waals surface area contributed by atoms with Crippen LogP contribution in [-0.2, 0) is 6.54 Å². The molecule has 98 valence electrons. The van der Waals surface area contributed by atoms with Crippen molar-refractivity contribution in [2.24, 2.45) is 5.73 Å². The van der Waals surface area contributed by atoms with E-state index in [1.54, 1.807) is 0 Å². The molecule has 0 spiro atoms. The van der Waals surface area contributed by atoms with Crippen LogP contribution in [0.3, 0.4) is 0 Å². The lowest BCUT2D eigenvalue weighted by molar-refractivity contribution is 0.273. The van der Waals surface area contributed by atoms with Crippen LogP contribution in [0.15, 0.2) is 18.2 Å². The van der Waals surface area contributed by atoms with Gasteiger partial charge in [-0.2, -0.15) is 0 Å². The second kappa shape index (κ2) is 5.50. The van der Waals surface area contributed by atoms with Gasteiger partial charge in [-0.3, -0.25) is 0 Å². The lowest BCUT2D eigenvalue weighted by atomic mass is 10.2. The van der Waals surface area contributed by atoms with Crippen molar-refractivity contribution in [3.05, 3.63) is 29.6 Å². The van der Waals surface area contributed by atoms with Gasteiger partial charge in [-0.25, -0.2) is 4.98 Å². The molecule has 18 heavy (non-hydrogen) atoms.